The molecular weight excluding hydrogens is 332 g/mol. The van der Waals surface area contributed by atoms with Crippen LogP contribution in [0, 0.1) is 0 Å². The molecule has 0 bridgehead atoms. The molecule has 0 unspecified atom stereocenters. The van der Waals surface area contributed by atoms with Gasteiger partial charge in [0, 0.05) is 17.5 Å². The summed E-state index contributed by atoms with van der Waals surface area (Å²) in [6.45, 7) is 6.88. The lowest BCUT2D eigenvalue weighted by Gasteiger charge is -2.16. The van der Waals surface area contributed by atoms with Gasteiger partial charge in [-0.1, -0.05) is 50.2 Å². The van der Waals surface area contributed by atoms with Crippen molar-refractivity contribution in [1.82, 2.24) is 15.1 Å². The summed E-state index contributed by atoms with van der Waals surface area (Å²) in [6.07, 6.45) is 0. The molecule has 0 fully saturated rings. The lowest BCUT2D eigenvalue weighted by Crippen LogP contribution is -2.12. The van der Waals surface area contributed by atoms with E-state index in [-0.39, 0.29) is 17.8 Å². The maximum absolute atomic E-state index is 5.61. The molecule has 0 radical (unpaired) electrons. The fourth-order valence-corrected chi connectivity index (χ4v) is 3.07. The van der Waals surface area contributed by atoms with Crippen LogP contribution < -0.4 is 5.73 Å². The average molecular weight is 351 g/mol. The van der Waals surface area contributed by atoms with E-state index in [4.69, 9.17) is 10.3 Å². The zero-order valence-corrected chi connectivity index (χ0v) is 14.9. The van der Waals surface area contributed by atoms with E-state index in [1.807, 2.05) is 29.8 Å². The normalized spacial score (nSPS) is 11.3. The van der Waals surface area contributed by atoms with Gasteiger partial charge in [-0.05, 0) is 5.56 Å². The summed E-state index contributed by atoms with van der Waals surface area (Å²) >= 11 is 1.52. The third-order valence-electron chi connectivity index (χ3n) is 3.35. The number of halogens is 1. The van der Waals surface area contributed by atoms with E-state index in [1.54, 1.807) is 0 Å². The van der Waals surface area contributed by atoms with Crippen molar-refractivity contribution in [3.63, 3.8) is 0 Å². The Morgan fingerprint density at radius 2 is 1.87 bits per heavy atom. The van der Waals surface area contributed by atoms with Crippen molar-refractivity contribution in [2.45, 2.75) is 32.7 Å². The smallest absolute Gasteiger partial charge is 0.270 e. The minimum Gasteiger partial charge on any atom is -0.333 e. The Labute approximate surface area is 145 Å². The zero-order chi connectivity index (χ0) is 15.7. The molecule has 0 amide bonds. The summed E-state index contributed by atoms with van der Waals surface area (Å²) < 4.78 is 5.44. The lowest BCUT2D eigenvalue weighted by molar-refractivity contribution is 0.431. The first-order valence-electron chi connectivity index (χ1n) is 7.06. The Morgan fingerprint density at radius 1 is 1.17 bits per heavy atom. The van der Waals surface area contributed by atoms with E-state index >= 15 is 0 Å². The summed E-state index contributed by atoms with van der Waals surface area (Å²) in [5.41, 5.74) is 10.3. The van der Waals surface area contributed by atoms with Crippen LogP contribution in [-0.2, 0) is 12.0 Å². The predicted octanol–water partition coefficient (Wildman–Crippen LogP) is 4.04. The van der Waals surface area contributed by atoms with Crippen molar-refractivity contribution in [2.24, 2.45) is 5.73 Å². The van der Waals surface area contributed by atoms with Crippen LogP contribution >= 0.6 is 23.7 Å². The second kappa shape index (κ2) is 6.78. The van der Waals surface area contributed by atoms with E-state index in [1.165, 1.54) is 11.3 Å². The standard InChI is InChI=1S/C16H18N4OS.ClH/c1-16(2,3)13-12(22-9-18-13)15-19-14(20-21-15)11-6-4-10(8-17)5-7-11;/h4-7,9H,8,17H2,1-3H3;1H. The Kier molecular flexibility index (Phi) is 5.19. The van der Waals surface area contributed by atoms with E-state index in [2.05, 4.69) is 35.9 Å². The van der Waals surface area contributed by atoms with Gasteiger partial charge >= 0.3 is 0 Å². The van der Waals surface area contributed by atoms with Crippen molar-refractivity contribution in [2.75, 3.05) is 0 Å². The van der Waals surface area contributed by atoms with Crippen molar-refractivity contribution >= 4 is 23.7 Å². The molecule has 0 aliphatic carbocycles. The Bertz CT molecular complexity index is 774. The molecule has 0 aliphatic rings. The molecule has 122 valence electrons. The van der Waals surface area contributed by atoms with Gasteiger partial charge in [-0.25, -0.2) is 4.98 Å². The molecule has 0 saturated heterocycles. The fraction of sp³-hybridized carbons (Fsp3) is 0.312. The molecule has 3 aromatic rings. The highest BCUT2D eigenvalue weighted by Crippen LogP contribution is 2.35. The largest absolute Gasteiger partial charge is 0.333 e. The van der Waals surface area contributed by atoms with Crippen LogP contribution in [-0.4, -0.2) is 15.1 Å². The van der Waals surface area contributed by atoms with E-state index in [0.29, 0.717) is 18.3 Å². The van der Waals surface area contributed by atoms with E-state index in [0.717, 1.165) is 21.7 Å². The summed E-state index contributed by atoms with van der Waals surface area (Å²) in [4.78, 5) is 9.89. The summed E-state index contributed by atoms with van der Waals surface area (Å²) in [5.74, 6) is 1.09. The molecule has 5 nitrogen and oxygen atoms in total. The van der Waals surface area contributed by atoms with Gasteiger partial charge in [0.2, 0.25) is 5.82 Å². The second-order valence-electron chi connectivity index (χ2n) is 6.10. The highest BCUT2D eigenvalue weighted by molar-refractivity contribution is 7.13. The van der Waals surface area contributed by atoms with Crippen LogP contribution in [0.2, 0.25) is 0 Å². The summed E-state index contributed by atoms with van der Waals surface area (Å²) in [7, 11) is 0. The molecule has 1 aromatic carbocycles. The molecule has 2 heterocycles. The van der Waals surface area contributed by atoms with Crippen LogP contribution in [0.25, 0.3) is 22.2 Å². The monoisotopic (exact) mass is 350 g/mol. The Hall–Kier alpha value is -1.76. The van der Waals surface area contributed by atoms with E-state index < -0.39 is 0 Å². The first kappa shape index (κ1) is 17.6. The van der Waals surface area contributed by atoms with Crippen molar-refractivity contribution in [1.29, 1.82) is 0 Å². The van der Waals surface area contributed by atoms with Gasteiger partial charge < -0.3 is 10.3 Å². The molecule has 0 atom stereocenters. The quantitative estimate of drug-likeness (QED) is 0.771. The van der Waals surface area contributed by atoms with Gasteiger partial charge in [-0.3, -0.25) is 0 Å². The van der Waals surface area contributed by atoms with Crippen LogP contribution in [0.3, 0.4) is 0 Å². The Morgan fingerprint density at radius 3 is 2.48 bits per heavy atom. The molecular formula is C16H19ClN4OS. The molecule has 0 saturated carbocycles. The number of benzene rings is 1. The highest BCUT2D eigenvalue weighted by Gasteiger charge is 2.25. The molecule has 7 heteroatoms. The molecule has 23 heavy (non-hydrogen) atoms. The van der Waals surface area contributed by atoms with Gasteiger partial charge in [0.25, 0.3) is 5.89 Å². The number of hydrogen-bond donors (Lipinski definition) is 1. The first-order valence-corrected chi connectivity index (χ1v) is 7.94. The van der Waals surface area contributed by atoms with Gasteiger partial charge in [0.1, 0.15) is 4.88 Å². The average Bonchev–Trinajstić information content (AvgIpc) is 3.15. The number of thiazole rings is 1. The third-order valence-corrected chi connectivity index (χ3v) is 4.16. The second-order valence-corrected chi connectivity index (χ2v) is 6.96. The van der Waals surface area contributed by atoms with Crippen LogP contribution in [0.1, 0.15) is 32.0 Å². The van der Waals surface area contributed by atoms with E-state index in [9.17, 15) is 0 Å². The maximum atomic E-state index is 5.61. The van der Waals surface area contributed by atoms with Crippen molar-refractivity contribution in [3.05, 3.63) is 41.0 Å². The number of nitrogens with two attached hydrogens (primary N) is 1. The first-order chi connectivity index (χ1) is 10.5. The minimum atomic E-state index is -0.0628. The SMILES string of the molecule is CC(C)(C)c1ncsc1-c1nc(-c2ccc(CN)cc2)no1.Cl. The Balaban J connectivity index is 0.00000192. The molecule has 3 rings (SSSR count). The third kappa shape index (κ3) is 3.60. The summed E-state index contributed by atoms with van der Waals surface area (Å²) in [6, 6.07) is 7.85. The minimum absolute atomic E-state index is 0. The molecule has 0 spiro atoms. The topological polar surface area (TPSA) is 77.8 Å². The van der Waals surface area contributed by atoms with Crippen molar-refractivity contribution in [3.8, 4) is 22.2 Å². The van der Waals surface area contributed by atoms with Crippen LogP contribution in [0.4, 0.5) is 0 Å². The number of aromatic nitrogens is 3. The van der Waals surface area contributed by atoms with Gasteiger partial charge in [-0.2, -0.15) is 4.98 Å². The van der Waals surface area contributed by atoms with Gasteiger partial charge in [-0.15, -0.1) is 23.7 Å². The molecule has 2 aromatic heterocycles. The maximum Gasteiger partial charge on any atom is 0.270 e. The van der Waals surface area contributed by atoms with Gasteiger partial charge in [0.15, 0.2) is 0 Å². The number of rotatable bonds is 3. The predicted molar refractivity (Wildman–Crippen MR) is 94.7 cm³/mol. The number of nitrogens with zero attached hydrogens (tertiary/aromatic N) is 3. The number of hydrogen-bond acceptors (Lipinski definition) is 6. The van der Waals surface area contributed by atoms with Crippen LogP contribution in [0.5, 0.6) is 0 Å². The molecule has 2 N–H and O–H groups in total. The highest BCUT2D eigenvalue weighted by atomic mass is 35.5. The van der Waals surface area contributed by atoms with Crippen molar-refractivity contribution < 1.29 is 4.52 Å². The summed E-state index contributed by atoms with van der Waals surface area (Å²) in [5, 5.41) is 4.08. The van der Waals surface area contributed by atoms with Crippen LogP contribution in [0.15, 0.2) is 34.3 Å². The molecule has 0 aliphatic heterocycles. The lowest BCUT2D eigenvalue weighted by atomic mass is 9.91. The zero-order valence-electron chi connectivity index (χ0n) is 13.2. The van der Waals surface area contributed by atoms with Gasteiger partial charge in [0.05, 0.1) is 11.2 Å². The fourth-order valence-electron chi connectivity index (χ4n) is 2.16.